The molecule has 92 valence electrons. The van der Waals surface area contributed by atoms with E-state index in [4.69, 9.17) is 10.6 Å². The molecule has 1 aliphatic carbocycles. The number of ether oxygens (including phenoxy) is 1. The number of nitrogens with two attached hydrogens (primary N) is 1. The van der Waals surface area contributed by atoms with E-state index in [1.165, 1.54) is 32.1 Å². The molecule has 3 nitrogen and oxygen atoms in total. The van der Waals surface area contributed by atoms with Crippen LogP contribution in [0, 0.1) is 17.8 Å². The highest BCUT2D eigenvalue weighted by atomic mass is 16.5. The van der Waals surface area contributed by atoms with Crippen LogP contribution in [0.25, 0.3) is 0 Å². The monoisotopic (exact) mass is 224 g/mol. The molecule has 0 heterocycles. The Labute approximate surface area is 99.1 Å². The molecule has 0 radical (unpaired) electrons. The lowest BCUT2D eigenvalue weighted by Gasteiger charge is -2.33. The van der Waals surface area contributed by atoms with Crippen molar-refractivity contribution in [3.63, 3.8) is 0 Å². The second kappa shape index (κ2) is 7.67. The maximum absolute atomic E-state index is 5.63. The Morgan fingerprint density at radius 2 is 2.06 bits per heavy atom. The van der Waals surface area contributed by atoms with Crippen LogP contribution in [0.5, 0.6) is 0 Å². The van der Waals surface area contributed by atoms with Gasteiger partial charge in [0.05, 0.1) is 12.1 Å². The van der Waals surface area contributed by atoms with Crippen LogP contribution in [0.15, 0.2) is 0 Å². The number of hydrazine groups is 1. The quantitative estimate of drug-likeness (QED) is 0.425. The Balaban J connectivity index is 2.56. The van der Waals surface area contributed by atoms with E-state index >= 15 is 0 Å². The summed E-state index contributed by atoms with van der Waals surface area (Å²) in [5, 5.41) is 0. The van der Waals surface area contributed by atoms with Gasteiger partial charge >= 0.3 is 0 Å². The average molecular weight is 224 g/mol. The van der Waals surface area contributed by atoms with Gasteiger partial charge in [0.25, 0.3) is 0 Å². The molecule has 0 amide bonds. The molecular weight excluding hydrogens is 200 g/mol. The van der Waals surface area contributed by atoms with E-state index in [2.05, 4.69) is 17.3 Å². The van der Waals surface area contributed by atoms with Crippen LogP contribution >= 0.6 is 0 Å². The minimum atomic E-state index is 0.153. The van der Waals surface area contributed by atoms with Crippen molar-refractivity contribution in [1.29, 1.82) is 0 Å². The van der Waals surface area contributed by atoms with Crippen molar-refractivity contribution in [3.05, 3.63) is 0 Å². The highest BCUT2D eigenvalue weighted by molar-refractivity contribution is 5.00. The summed E-state index contributed by atoms with van der Waals surface area (Å²) in [4.78, 5) is 0. The van der Waals surface area contributed by atoms with E-state index in [-0.39, 0.29) is 12.1 Å². The number of hydrogen-bond acceptors (Lipinski definition) is 3. The number of hydrogen-bond donors (Lipinski definition) is 2. The Morgan fingerprint density at radius 1 is 1.38 bits per heavy atom. The number of methoxy groups -OCH3 is 1. The maximum atomic E-state index is 5.63. The smallest absolute Gasteiger partial charge is 0.0775 e. The van der Waals surface area contributed by atoms with Crippen LogP contribution in [-0.2, 0) is 4.74 Å². The summed E-state index contributed by atoms with van der Waals surface area (Å²) in [5.74, 6) is 12.2. The van der Waals surface area contributed by atoms with Crippen LogP contribution in [0.4, 0.5) is 0 Å². The minimum Gasteiger partial charge on any atom is -0.379 e. The zero-order valence-corrected chi connectivity index (χ0v) is 10.5. The Hall–Kier alpha value is -0.560. The molecule has 1 aliphatic rings. The van der Waals surface area contributed by atoms with Gasteiger partial charge in [-0.25, -0.2) is 0 Å². The minimum absolute atomic E-state index is 0.153. The van der Waals surface area contributed by atoms with Crippen LogP contribution in [0.3, 0.4) is 0 Å². The Bertz CT molecular complexity index is 238. The molecule has 0 aromatic carbocycles. The summed E-state index contributed by atoms with van der Waals surface area (Å²) in [7, 11) is 1.78. The summed E-state index contributed by atoms with van der Waals surface area (Å²) in [6.45, 7) is 1.86. The second-order valence-electron chi connectivity index (χ2n) is 4.50. The zero-order valence-electron chi connectivity index (χ0n) is 10.5. The van der Waals surface area contributed by atoms with E-state index in [0.29, 0.717) is 5.92 Å². The number of nitrogens with one attached hydrogen (secondary N) is 1. The predicted molar refractivity (Wildman–Crippen MR) is 66.6 cm³/mol. The van der Waals surface area contributed by atoms with E-state index < -0.39 is 0 Å². The zero-order chi connectivity index (χ0) is 11.8. The number of rotatable bonds is 5. The maximum Gasteiger partial charge on any atom is 0.0775 e. The largest absolute Gasteiger partial charge is 0.379 e. The topological polar surface area (TPSA) is 47.3 Å². The summed E-state index contributed by atoms with van der Waals surface area (Å²) >= 11 is 0. The van der Waals surface area contributed by atoms with Crippen molar-refractivity contribution in [2.45, 2.75) is 57.6 Å². The average Bonchev–Trinajstić information content (AvgIpc) is 2.35. The van der Waals surface area contributed by atoms with Gasteiger partial charge in [-0.15, -0.1) is 11.8 Å². The third-order valence-corrected chi connectivity index (χ3v) is 3.50. The SMILES string of the molecule is CC#CCC(NN)C(OC)C1CCCCC1. The molecule has 0 bridgehead atoms. The second-order valence-corrected chi connectivity index (χ2v) is 4.50. The Kier molecular flexibility index (Phi) is 6.47. The van der Waals surface area contributed by atoms with Crippen molar-refractivity contribution in [2.75, 3.05) is 7.11 Å². The van der Waals surface area contributed by atoms with Gasteiger partial charge in [-0.2, -0.15) is 0 Å². The first-order valence-corrected chi connectivity index (χ1v) is 6.22. The van der Waals surface area contributed by atoms with E-state index in [0.717, 1.165) is 6.42 Å². The van der Waals surface area contributed by atoms with E-state index in [1.807, 2.05) is 6.92 Å². The van der Waals surface area contributed by atoms with Gasteiger partial charge in [-0.05, 0) is 25.7 Å². The van der Waals surface area contributed by atoms with Gasteiger partial charge in [-0.1, -0.05) is 19.3 Å². The molecule has 3 heteroatoms. The van der Waals surface area contributed by atoms with Gasteiger partial charge in [0, 0.05) is 13.5 Å². The predicted octanol–water partition coefficient (Wildman–Crippen LogP) is 1.83. The summed E-state index contributed by atoms with van der Waals surface area (Å²) < 4.78 is 5.63. The standard InChI is InChI=1S/C13H24N2O/c1-3-4-10-12(15-14)13(16-2)11-8-6-5-7-9-11/h11-13,15H,5-10,14H2,1-2H3. The molecule has 3 N–H and O–H groups in total. The lowest BCUT2D eigenvalue weighted by Crippen LogP contribution is -2.48. The highest BCUT2D eigenvalue weighted by Gasteiger charge is 2.29. The third kappa shape index (κ3) is 3.79. The fourth-order valence-electron chi connectivity index (χ4n) is 2.63. The van der Waals surface area contributed by atoms with Crippen molar-refractivity contribution in [3.8, 4) is 11.8 Å². The molecule has 1 saturated carbocycles. The molecule has 0 aromatic rings. The van der Waals surface area contributed by atoms with Crippen LogP contribution in [-0.4, -0.2) is 19.3 Å². The fraction of sp³-hybridized carbons (Fsp3) is 0.846. The summed E-state index contributed by atoms with van der Waals surface area (Å²) in [5.41, 5.74) is 2.86. The molecule has 16 heavy (non-hydrogen) atoms. The van der Waals surface area contributed by atoms with Crippen LogP contribution in [0.2, 0.25) is 0 Å². The summed E-state index contributed by atoms with van der Waals surface area (Å²) in [6, 6.07) is 0.153. The molecule has 1 rings (SSSR count). The van der Waals surface area contributed by atoms with Gasteiger partial charge in [-0.3, -0.25) is 11.3 Å². The molecule has 0 aromatic heterocycles. The van der Waals surface area contributed by atoms with Gasteiger partial charge in [0.1, 0.15) is 0 Å². The van der Waals surface area contributed by atoms with Gasteiger partial charge < -0.3 is 4.74 Å². The fourth-order valence-corrected chi connectivity index (χ4v) is 2.63. The molecule has 0 saturated heterocycles. The first-order chi connectivity index (χ1) is 7.83. The van der Waals surface area contributed by atoms with E-state index in [1.54, 1.807) is 7.11 Å². The lowest BCUT2D eigenvalue weighted by atomic mass is 9.82. The first kappa shape index (κ1) is 13.5. The normalized spacial score (nSPS) is 20.9. The van der Waals surface area contributed by atoms with Crippen molar-refractivity contribution in [2.24, 2.45) is 11.8 Å². The molecule has 1 fully saturated rings. The Morgan fingerprint density at radius 3 is 2.56 bits per heavy atom. The van der Waals surface area contributed by atoms with Gasteiger partial charge in [0.15, 0.2) is 0 Å². The first-order valence-electron chi connectivity index (χ1n) is 6.22. The third-order valence-electron chi connectivity index (χ3n) is 3.50. The molecule has 0 spiro atoms. The van der Waals surface area contributed by atoms with Crippen LogP contribution < -0.4 is 11.3 Å². The van der Waals surface area contributed by atoms with Gasteiger partial charge in [0.2, 0.25) is 0 Å². The molecule has 2 atom stereocenters. The van der Waals surface area contributed by atoms with Crippen molar-refractivity contribution < 1.29 is 4.74 Å². The van der Waals surface area contributed by atoms with Crippen molar-refractivity contribution in [1.82, 2.24) is 5.43 Å². The van der Waals surface area contributed by atoms with E-state index in [9.17, 15) is 0 Å². The highest BCUT2D eigenvalue weighted by Crippen LogP contribution is 2.29. The molecule has 0 aliphatic heterocycles. The molecular formula is C13H24N2O. The van der Waals surface area contributed by atoms with Crippen LogP contribution in [0.1, 0.15) is 45.4 Å². The molecule has 2 unspecified atom stereocenters. The van der Waals surface area contributed by atoms with Crippen molar-refractivity contribution >= 4 is 0 Å². The lowest BCUT2D eigenvalue weighted by molar-refractivity contribution is 0.00944. The summed E-state index contributed by atoms with van der Waals surface area (Å²) in [6.07, 6.45) is 7.49.